The SMILES string of the molecule is O=C1[C@@H](Oc2ccccc2)[C@H](c2ccc3c(c2)OCO3)N1Cc1ccc(F)cc1. The molecule has 0 spiro atoms. The zero-order valence-corrected chi connectivity index (χ0v) is 15.5. The maximum Gasteiger partial charge on any atom is 0.267 e. The molecule has 0 bridgehead atoms. The predicted octanol–water partition coefficient (Wildman–Crippen LogP) is 4.09. The highest BCUT2D eigenvalue weighted by Gasteiger charge is 2.50. The van der Waals surface area contributed by atoms with Crippen molar-refractivity contribution in [2.45, 2.75) is 18.7 Å². The van der Waals surface area contributed by atoms with Gasteiger partial charge < -0.3 is 19.1 Å². The van der Waals surface area contributed by atoms with Gasteiger partial charge in [0.15, 0.2) is 11.5 Å². The lowest BCUT2D eigenvalue weighted by molar-refractivity contribution is -0.165. The van der Waals surface area contributed by atoms with Crippen molar-refractivity contribution in [3.8, 4) is 17.2 Å². The third-order valence-corrected chi connectivity index (χ3v) is 5.16. The molecular formula is C23H18FNO4. The number of ether oxygens (including phenoxy) is 3. The van der Waals surface area contributed by atoms with E-state index in [0.29, 0.717) is 23.8 Å². The van der Waals surface area contributed by atoms with E-state index in [9.17, 15) is 9.18 Å². The van der Waals surface area contributed by atoms with Crippen LogP contribution in [0.4, 0.5) is 4.39 Å². The quantitative estimate of drug-likeness (QED) is 0.615. The summed E-state index contributed by atoms with van der Waals surface area (Å²) >= 11 is 0. The van der Waals surface area contributed by atoms with Crippen molar-refractivity contribution in [1.29, 1.82) is 0 Å². The highest BCUT2D eigenvalue weighted by atomic mass is 19.1. The lowest BCUT2D eigenvalue weighted by Crippen LogP contribution is -2.60. The molecule has 2 heterocycles. The van der Waals surface area contributed by atoms with Gasteiger partial charge in [-0.25, -0.2) is 4.39 Å². The lowest BCUT2D eigenvalue weighted by atomic mass is 9.89. The maximum atomic E-state index is 13.2. The summed E-state index contributed by atoms with van der Waals surface area (Å²) in [5.41, 5.74) is 1.75. The van der Waals surface area contributed by atoms with Crippen molar-refractivity contribution in [2.75, 3.05) is 6.79 Å². The molecule has 5 nitrogen and oxygen atoms in total. The molecule has 6 heteroatoms. The second-order valence-electron chi connectivity index (χ2n) is 7.00. The van der Waals surface area contributed by atoms with Gasteiger partial charge in [-0.15, -0.1) is 0 Å². The average molecular weight is 391 g/mol. The normalized spacial score (nSPS) is 19.8. The molecule has 1 saturated heterocycles. The summed E-state index contributed by atoms with van der Waals surface area (Å²) < 4.78 is 30.1. The van der Waals surface area contributed by atoms with Crippen molar-refractivity contribution >= 4 is 5.91 Å². The highest BCUT2D eigenvalue weighted by molar-refractivity contribution is 5.89. The first-order valence-corrected chi connectivity index (χ1v) is 9.35. The van der Waals surface area contributed by atoms with Crippen molar-refractivity contribution in [3.05, 3.63) is 89.7 Å². The van der Waals surface area contributed by atoms with Crippen molar-refractivity contribution in [3.63, 3.8) is 0 Å². The second kappa shape index (κ2) is 7.13. The summed E-state index contributed by atoms with van der Waals surface area (Å²) in [6, 6.07) is 20.8. The summed E-state index contributed by atoms with van der Waals surface area (Å²) in [6.45, 7) is 0.554. The fraction of sp³-hybridized carbons (Fsp3) is 0.174. The zero-order valence-electron chi connectivity index (χ0n) is 15.5. The molecule has 5 rings (SSSR count). The molecule has 0 aliphatic carbocycles. The fourth-order valence-corrected chi connectivity index (χ4v) is 3.69. The summed E-state index contributed by atoms with van der Waals surface area (Å²) in [5.74, 6) is 1.56. The van der Waals surface area contributed by atoms with Gasteiger partial charge in [0.2, 0.25) is 12.9 Å². The van der Waals surface area contributed by atoms with E-state index in [1.807, 2.05) is 48.5 Å². The van der Waals surface area contributed by atoms with Gasteiger partial charge in [0.1, 0.15) is 17.6 Å². The highest BCUT2D eigenvalue weighted by Crippen LogP contribution is 2.42. The Morgan fingerprint density at radius 3 is 2.52 bits per heavy atom. The molecule has 0 N–H and O–H groups in total. The molecule has 0 radical (unpaired) electrons. The number of likely N-dealkylation sites (tertiary alicyclic amines) is 1. The Bertz CT molecular complexity index is 1040. The van der Waals surface area contributed by atoms with Gasteiger partial charge in [-0.1, -0.05) is 36.4 Å². The van der Waals surface area contributed by atoms with Crippen LogP contribution in [0.2, 0.25) is 0 Å². The van der Waals surface area contributed by atoms with E-state index in [4.69, 9.17) is 14.2 Å². The number of nitrogens with zero attached hydrogens (tertiary/aromatic N) is 1. The van der Waals surface area contributed by atoms with E-state index in [1.54, 1.807) is 17.0 Å². The van der Waals surface area contributed by atoms with Gasteiger partial charge >= 0.3 is 0 Å². The number of hydrogen-bond acceptors (Lipinski definition) is 4. The van der Waals surface area contributed by atoms with Gasteiger partial charge in [-0.3, -0.25) is 4.79 Å². The van der Waals surface area contributed by atoms with Gasteiger partial charge in [-0.05, 0) is 47.5 Å². The van der Waals surface area contributed by atoms with Crippen LogP contribution in [0.15, 0.2) is 72.8 Å². The number of amides is 1. The third kappa shape index (κ3) is 3.27. The van der Waals surface area contributed by atoms with E-state index in [-0.39, 0.29) is 24.6 Å². The molecule has 3 aromatic rings. The van der Waals surface area contributed by atoms with Crippen LogP contribution in [0.1, 0.15) is 17.2 Å². The second-order valence-corrected chi connectivity index (χ2v) is 7.00. The molecule has 2 atom stereocenters. The Balaban J connectivity index is 1.45. The minimum absolute atomic E-state index is 0.110. The van der Waals surface area contributed by atoms with Crippen LogP contribution in [0.25, 0.3) is 0 Å². The number of fused-ring (bicyclic) bond motifs is 1. The molecule has 1 fully saturated rings. The Morgan fingerprint density at radius 1 is 0.966 bits per heavy atom. The standard InChI is InChI=1S/C23H18FNO4/c24-17-9-6-15(7-10-17)13-25-21(16-8-11-19-20(12-16)28-14-27-19)22(23(25)26)29-18-4-2-1-3-5-18/h1-12,21-22H,13-14H2/t21-,22-/m0/s1. The van der Waals surface area contributed by atoms with Crippen LogP contribution in [0.3, 0.4) is 0 Å². The first-order valence-electron chi connectivity index (χ1n) is 9.35. The van der Waals surface area contributed by atoms with Gasteiger partial charge in [-0.2, -0.15) is 0 Å². The number of halogens is 1. The van der Waals surface area contributed by atoms with Crippen molar-refractivity contribution < 1.29 is 23.4 Å². The molecule has 29 heavy (non-hydrogen) atoms. The number of carbonyl (C=O) groups is 1. The van der Waals surface area contributed by atoms with Gasteiger partial charge in [0.05, 0.1) is 0 Å². The van der Waals surface area contributed by atoms with Crippen LogP contribution in [-0.2, 0) is 11.3 Å². The van der Waals surface area contributed by atoms with E-state index < -0.39 is 6.10 Å². The molecule has 0 saturated carbocycles. The summed E-state index contributed by atoms with van der Waals surface area (Å²) in [7, 11) is 0. The van der Waals surface area contributed by atoms with Crippen LogP contribution >= 0.6 is 0 Å². The number of hydrogen-bond donors (Lipinski definition) is 0. The monoisotopic (exact) mass is 391 g/mol. The predicted molar refractivity (Wildman–Crippen MR) is 103 cm³/mol. The average Bonchev–Trinajstić information content (AvgIpc) is 3.22. The molecule has 2 aliphatic heterocycles. The van der Waals surface area contributed by atoms with Crippen LogP contribution in [0, 0.1) is 5.82 Å². The third-order valence-electron chi connectivity index (χ3n) is 5.16. The minimum Gasteiger partial charge on any atom is -0.478 e. The zero-order chi connectivity index (χ0) is 19.8. The topological polar surface area (TPSA) is 48.0 Å². The van der Waals surface area contributed by atoms with E-state index in [0.717, 1.165) is 11.1 Å². The largest absolute Gasteiger partial charge is 0.478 e. The summed E-state index contributed by atoms with van der Waals surface area (Å²) in [5, 5.41) is 0. The molecule has 146 valence electrons. The molecule has 0 unspecified atom stereocenters. The Hall–Kier alpha value is -3.54. The Morgan fingerprint density at radius 2 is 1.72 bits per heavy atom. The Kier molecular flexibility index (Phi) is 4.31. The summed E-state index contributed by atoms with van der Waals surface area (Å²) in [4.78, 5) is 14.7. The molecule has 0 aromatic heterocycles. The van der Waals surface area contributed by atoms with E-state index in [2.05, 4.69) is 0 Å². The molecular weight excluding hydrogens is 373 g/mol. The van der Waals surface area contributed by atoms with Crippen molar-refractivity contribution in [1.82, 2.24) is 4.90 Å². The fourth-order valence-electron chi connectivity index (χ4n) is 3.69. The van der Waals surface area contributed by atoms with Gasteiger partial charge in [0, 0.05) is 6.54 Å². The Labute approximate surface area is 167 Å². The van der Waals surface area contributed by atoms with Gasteiger partial charge in [0.25, 0.3) is 5.91 Å². The number of carbonyl (C=O) groups excluding carboxylic acids is 1. The minimum atomic E-state index is -0.641. The summed E-state index contributed by atoms with van der Waals surface area (Å²) in [6.07, 6.45) is -0.641. The van der Waals surface area contributed by atoms with E-state index in [1.165, 1.54) is 12.1 Å². The molecule has 3 aromatic carbocycles. The van der Waals surface area contributed by atoms with Crippen LogP contribution in [0.5, 0.6) is 17.2 Å². The first-order chi connectivity index (χ1) is 14.2. The number of para-hydroxylation sites is 1. The first kappa shape index (κ1) is 17.6. The molecule has 1 amide bonds. The van der Waals surface area contributed by atoms with E-state index >= 15 is 0 Å². The van der Waals surface area contributed by atoms with Crippen LogP contribution < -0.4 is 14.2 Å². The maximum absolute atomic E-state index is 13.2. The van der Waals surface area contributed by atoms with Crippen LogP contribution in [-0.4, -0.2) is 23.7 Å². The number of benzene rings is 3. The van der Waals surface area contributed by atoms with Crippen molar-refractivity contribution in [2.24, 2.45) is 0 Å². The number of β-lactam (4-membered cyclic amide) rings is 1. The number of rotatable bonds is 5. The smallest absolute Gasteiger partial charge is 0.267 e. The molecule has 2 aliphatic rings. The lowest BCUT2D eigenvalue weighted by Gasteiger charge is -2.46.